The molecule has 8 heteroatoms. The second-order valence-electron chi connectivity index (χ2n) is 4.69. The van der Waals surface area contributed by atoms with Gasteiger partial charge in [-0.3, -0.25) is 0 Å². The normalized spacial score (nSPS) is 20.9. The third-order valence-corrected chi connectivity index (χ3v) is 4.65. The Morgan fingerprint density at radius 1 is 1.20 bits per heavy atom. The summed E-state index contributed by atoms with van der Waals surface area (Å²) in [7, 11) is -3.78. The maximum Gasteiger partial charge on any atom is 0.416 e. The largest absolute Gasteiger partial charge is 0.416 e. The van der Waals surface area contributed by atoms with Crippen molar-refractivity contribution in [2.75, 3.05) is 13.1 Å². The second kappa shape index (κ2) is 5.71. The van der Waals surface area contributed by atoms with Crippen molar-refractivity contribution in [2.45, 2.75) is 30.0 Å². The lowest BCUT2D eigenvalue weighted by molar-refractivity contribution is -0.137. The van der Waals surface area contributed by atoms with Crippen LogP contribution >= 0.6 is 0 Å². The van der Waals surface area contributed by atoms with Crippen molar-refractivity contribution < 1.29 is 21.6 Å². The van der Waals surface area contributed by atoms with Crippen molar-refractivity contribution in [2.24, 2.45) is 0 Å². The SMILES string of the molecule is O=S(=O)(NC1CCCNC1)c1ccc(C(F)(F)F)cc1. The Kier molecular flexibility index (Phi) is 4.36. The molecule has 1 aliphatic heterocycles. The number of hydrogen-bond acceptors (Lipinski definition) is 3. The lowest BCUT2D eigenvalue weighted by atomic mass is 10.1. The summed E-state index contributed by atoms with van der Waals surface area (Å²) in [6.07, 6.45) is -2.89. The average molecular weight is 308 g/mol. The standard InChI is InChI=1S/C12H15F3N2O2S/c13-12(14,15)9-3-5-11(6-4-9)20(18,19)17-10-2-1-7-16-8-10/h3-6,10,16-17H,1-2,7-8H2. The van der Waals surface area contributed by atoms with Crippen molar-refractivity contribution in [1.82, 2.24) is 10.0 Å². The van der Waals surface area contributed by atoms with E-state index in [0.29, 0.717) is 13.0 Å². The molecule has 1 aromatic carbocycles. The summed E-state index contributed by atoms with van der Waals surface area (Å²) in [6, 6.07) is 3.26. The first-order valence-corrected chi connectivity index (χ1v) is 7.68. The van der Waals surface area contributed by atoms with E-state index in [1.807, 2.05) is 0 Å². The lowest BCUT2D eigenvalue weighted by Gasteiger charge is -2.23. The van der Waals surface area contributed by atoms with Gasteiger partial charge < -0.3 is 5.32 Å². The van der Waals surface area contributed by atoms with Crippen LogP contribution in [0, 0.1) is 0 Å². The first kappa shape index (κ1) is 15.3. The summed E-state index contributed by atoms with van der Waals surface area (Å²) >= 11 is 0. The number of hydrogen-bond donors (Lipinski definition) is 2. The van der Waals surface area contributed by atoms with Crippen LogP contribution in [0.1, 0.15) is 18.4 Å². The van der Waals surface area contributed by atoms with Crippen LogP contribution < -0.4 is 10.0 Å². The van der Waals surface area contributed by atoms with Gasteiger partial charge in [0.25, 0.3) is 0 Å². The van der Waals surface area contributed by atoms with Crippen LogP contribution in [0.4, 0.5) is 13.2 Å². The van der Waals surface area contributed by atoms with E-state index < -0.39 is 21.8 Å². The highest BCUT2D eigenvalue weighted by Crippen LogP contribution is 2.29. The molecule has 2 N–H and O–H groups in total. The van der Waals surface area contributed by atoms with Gasteiger partial charge in [0.2, 0.25) is 10.0 Å². The molecule has 20 heavy (non-hydrogen) atoms. The molecule has 0 aliphatic carbocycles. The number of nitrogens with one attached hydrogen (secondary N) is 2. The zero-order valence-corrected chi connectivity index (χ0v) is 11.4. The lowest BCUT2D eigenvalue weighted by Crippen LogP contribution is -2.45. The van der Waals surface area contributed by atoms with E-state index in [1.165, 1.54) is 0 Å². The molecule has 112 valence electrons. The van der Waals surface area contributed by atoms with Gasteiger partial charge in [-0.15, -0.1) is 0 Å². The summed E-state index contributed by atoms with van der Waals surface area (Å²) in [6.45, 7) is 1.37. The molecule has 1 aliphatic rings. The fourth-order valence-electron chi connectivity index (χ4n) is 2.06. The van der Waals surface area contributed by atoms with Crippen LogP contribution in [0.25, 0.3) is 0 Å². The molecular weight excluding hydrogens is 293 g/mol. The van der Waals surface area contributed by atoms with E-state index in [1.54, 1.807) is 0 Å². The van der Waals surface area contributed by atoms with Gasteiger partial charge in [0, 0.05) is 12.6 Å². The molecule has 4 nitrogen and oxygen atoms in total. The van der Waals surface area contributed by atoms with Crippen molar-refractivity contribution >= 4 is 10.0 Å². The Bertz CT molecular complexity index is 549. The highest BCUT2D eigenvalue weighted by atomic mass is 32.2. The van der Waals surface area contributed by atoms with Gasteiger partial charge >= 0.3 is 6.18 Å². The van der Waals surface area contributed by atoms with Crippen LogP contribution in [-0.2, 0) is 16.2 Å². The van der Waals surface area contributed by atoms with E-state index in [9.17, 15) is 21.6 Å². The minimum atomic E-state index is -4.47. The zero-order chi connectivity index (χ0) is 14.8. The molecule has 0 radical (unpaired) electrons. The monoisotopic (exact) mass is 308 g/mol. The molecule has 1 fully saturated rings. The molecule has 2 rings (SSSR count). The summed E-state index contributed by atoms with van der Waals surface area (Å²) < 4.78 is 63.8. The van der Waals surface area contributed by atoms with Crippen LogP contribution in [0.5, 0.6) is 0 Å². The van der Waals surface area contributed by atoms with E-state index >= 15 is 0 Å². The first-order valence-electron chi connectivity index (χ1n) is 6.19. The summed E-state index contributed by atoms with van der Waals surface area (Å²) in [4.78, 5) is -0.156. The second-order valence-corrected chi connectivity index (χ2v) is 6.40. The topological polar surface area (TPSA) is 58.2 Å². The molecule has 0 aromatic heterocycles. The quantitative estimate of drug-likeness (QED) is 0.894. The fraction of sp³-hybridized carbons (Fsp3) is 0.500. The summed E-state index contributed by atoms with van der Waals surface area (Å²) in [5, 5.41) is 3.06. The van der Waals surface area contributed by atoms with Gasteiger partial charge in [0.15, 0.2) is 0 Å². The van der Waals surface area contributed by atoms with E-state index in [-0.39, 0.29) is 10.9 Å². The van der Waals surface area contributed by atoms with Gasteiger partial charge in [-0.25, -0.2) is 13.1 Å². The molecule has 1 aromatic rings. The maximum absolute atomic E-state index is 12.4. The number of halogens is 3. The molecule has 0 amide bonds. The zero-order valence-electron chi connectivity index (χ0n) is 10.6. The molecular formula is C12H15F3N2O2S. The third-order valence-electron chi connectivity index (χ3n) is 3.11. The van der Waals surface area contributed by atoms with E-state index in [2.05, 4.69) is 10.0 Å². The van der Waals surface area contributed by atoms with Gasteiger partial charge in [0.05, 0.1) is 10.5 Å². The smallest absolute Gasteiger partial charge is 0.315 e. The van der Waals surface area contributed by atoms with Crippen molar-refractivity contribution in [3.63, 3.8) is 0 Å². The minimum Gasteiger partial charge on any atom is -0.315 e. The number of piperidine rings is 1. The predicted molar refractivity (Wildman–Crippen MR) is 67.7 cm³/mol. The molecule has 0 spiro atoms. The molecule has 1 heterocycles. The van der Waals surface area contributed by atoms with E-state index in [4.69, 9.17) is 0 Å². The van der Waals surface area contributed by atoms with Crippen molar-refractivity contribution in [3.05, 3.63) is 29.8 Å². The first-order chi connectivity index (χ1) is 9.29. The minimum absolute atomic E-state index is 0.156. The Morgan fingerprint density at radius 2 is 1.85 bits per heavy atom. The Morgan fingerprint density at radius 3 is 2.35 bits per heavy atom. The van der Waals surface area contributed by atoms with Crippen LogP contribution in [-0.4, -0.2) is 27.5 Å². The number of alkyl halides is 3. The number of rotatable bonds is 3. The molecule has 1 atom stereocenters. The molecule has 0 saturated carbocycles. The van der Waals surface area contributed by atoms with Crippen LogP contribution in [0.2, 0.25) is 0 Å². The Labute approximate surface area is 115 Å². The van der Waals surface area contributed by atoms with Crippen molar-refractivity contribution in [3.8, 4) is 0 Å². The fourth-order valence-corrected chi connectivity index (χ4v) is 3.33. The number of sulfonamides is 1. The predicted octanol–water partition coefficient (Wildman–Crippen LogP) is 1.74. The van der Waals surface area contributed by atoms with E-state index in [0.717, 1.165) is 37.2 Å². The maximum atomic E-state index is 12.4. The third kappa shape index (κ3) is 3.71. The highest BCUT2D eigenvalue weighted by molar-refractivity contribution is 7.89. The molecule has 0 bridgehead atoms. The average Bonchev–Trinajstić information content (AvgIpc) is 2.38. The Balaban J connectivity index is 2.13. The highest BCUT2D eigenvalue weighted by Gasteiger charge is 2.31. The van der Waals surface area contributed by atoms with Gasteiger partial charge in [-0.2, -0.15) is 13.2 Å². The van der Waals surface area contributed by atoms with Gasteiger partial charge in [0.1, 0.15) is 0 Å². The number of benzene rings is 1. The van der Waals surface area contributed by atoms with Crippen LogP contribution in [0.15, 0.2) is 29.2 Å². The molecule has 1 saturated heterocycles. The molecule has 1 unspecified atom stereocenters. The van der Waals surface area contributed by atoms with Gasteiger partial charge in [-0.1, -0.05) is 0 Å². The summed E-state index contributed by atoms with van der Waals surface area (Å²) in [5.74, 6) is 0. The Hall–Kier alpha value is -1.12. The summed E-state index contributed by atoms with van der Waals surface area (Å²) in [5.41, 5.74) is -0.865. The van der Waals surface area contributed by atoms with Crippen molar-refractivity contribution in [1.29, 1.82) is 0 Å². The van der Waals surface area contributed by atoms with Crippen LogP contribution in [0.3, 0.4) is 0 Å². The van der Waals surface area contributed by atoms with Gasteiger partial charge in [-0.05, 0) is 43.7 Å².